The van der Waals surface area contributed by atoms with E-state index in [1.54, 1.807) is 6.92 Å². The Hall–Kier alpha value is -1.51. The van der Waals surface area contributed by atoms with Gasteiger partial charge in [-0.2, -0.15) is 0 Å². The fourth-order valence-corrected chi connectivity index (χ4v) is 2.28. The summed E-state index contributed by atoms with van der Waals surface area (Å²) >= 11 is 0. The van der Waals surface area contributed by atoms with Gasteiger partial charge in [-0.15, -0.1) is 0 Å². The van der Waals surface area contributed by atoms with E-state index in [9.17, 15) is 4.79 Å². The normalized spacial score (nSPS) is 13.5. The molecule has 0 spiro atoms. The quantitative estimate of drug-likeness (QED) is 0.744. The summed E-state index contributed by atoms with van der Waals surface area (Å²) in [6.45, 7) is 8.93. The number of aryl methyl sites for hydroxylation is 1. The molecule has 1 amide bonds. The van der Waals surface area contributed by atoms with Crippen molar-refractivity contribution in [3.8, 4) is 5.75 Å². The van der Waals surface area contributed by atoms with E-state index in [1.807, 2.05) is 31.2 Å². The third kappa shape index (κ3) is 6.65. The summed E-state index contributed by atoms with van der Waals surface area (Å²) in [7, 11) is 0. The molecule has 0 aliphatic heterocycles. The van der Waals surface area contributed by atoms with Crippen molar-refractivity contribution < 1.29 is 9.53 Å². The van der Waals surface area contributed by atoms with Crippen LogP contribution in [0.3, 0.4) is 0 Å². The van der Waals surface area contributed by atoms with Crippen LogP contribution in [0.1, 0.15) is 52.0 Å². The molecule has 1 N–H and O–H groups in total. The number of rotatable bonds is 9. The summed E-state index contributed by atoms with van der Waals surface area (Å²) in [4.78, 5) is 12.1. The van der Waals surface area contributed by atoms with Gasteiger partial charge in [0.15, 0.2) is 6.10 Å². The molecule has 0 saturated heterocycles. The van der Waals surface area contributed by atoms with E-state index in [-0.39, 0.29) is 5.91 Å². The molecule has 1 aromatic carbocycles. The number of hydrogen-bond donors (Lipinski definition) is 1. The first kappa shape index (κ1) is 17.5. The number of ether oxygens (including phenoxy) is 1. The molecule has 0 radical (unpaired) electrons. The van der Waals surface area contributed by atoms with Crippen LogP contribution in [0.15, 0.2) is 24.3 Å². The minimum Gasteiger partial charge on any atom is -0.481 e. The van der Waals surface area contributed by atoms with Gasteiger partial charge in [0.1, 0.15) is 5.75 Å². The molecule has 0 aliphatic rings. The molecule has 0 aliphatic carbocycles. The lowest BCUT2D eigenvalue weighted by atomic mass is 9.99. The van der Waals surface area contributed by atoms with Crippen LogP contribution in [0.5, 0.6) is 5.75 Å². The SMILES string of the molecule is CCCCC(CC)CNC(=O)C(C)Oc1cccc(C)c1. The monoisotopic (exact) mass is 291 g/mol. The Kier molecular flexibility index (Phi) is 7.88. The zero-order valence-corrected chi connectivity index (χ0v) is 13.8. The molecule has 3 nitrogen and oxygen atoms in total. The summed E-state index contributed by atoms with van der Waals surface area (Å²) in [5, 5.41) is 3.01. The zero-order chi connectivity index (χ0) is 15.7. The zero-order valence-electron chi connectivity index (χ0n) is 13.8. The van der Waals surface area contributed by atoms with Gasteiger partial charge in [0, 0.05) is 6.54 Å². The maximum absolute atomic E-state index is 12.1. The smallest absolute Gasteiger partial charge is 0.260 e. The highest BCUT2D eigenvalue weighted by molar-refractivity contribution is 5.80. The van der Waals surface area contributed by atoms with E-state index in [2.05, 4.69) is 19.2 Å². The van der Waals surface area contributed by atoms with E-state index in [0.29, 0.717) is 5.92 Å². The number of benzene rings is 1. The number of hydrogen-bond acceptors (Lipinski definition) is 2. The van der Waals surface area contributed by atoms with Crippen LogP contribution < -0.4 is 10.1 Å². The lowest BCUT2D eigenvalue weighted by Gasteiger charge is -2.18. The molecule has 118 valence electrons. The van der Waals surface area contributed by atoms with Crippen LogP contribution in [0.2, 0.25) is 0 Å². The lowest BCUT2D eigenvalue weighted by molar-refractivity contribution is -0.127. The molecule has 2 atom stereocenters. The first-order valence-corrected chi connectivity index (χ1v) is 8.07. The van der Waals surface area contributed by atoms with Crippen molar-refractivity contribution in [1.82, 2.24) is 5.32 Å². The van der Waals surface area contributed by atoms with Crippen molar-refractivity contribution in [1.29, 1.82) is 0 Å². The first-order valence-electron chi connectivity index (χ1n) is 8.07. The molecule has 0 fully saturated rings. The van der Waals surface area contributed by atoms with Crippen molar-refractivity contribution >= 4 is 5.91 Å². The van der Waals surface area contributed by atoms with E-state index in [1.165, 1.54) is 19.3 Å². The van der Waals surface area contributed by atoms with E-state index in [4.69, 9.17) is 4.74 Å². The van der Waals surface area contributed by atoms with Gasteiger partial charge in [-0.05, 0) is 43.9 Å². The highest BCUT2D eigenvalue weighted by Gasteiger charge is 2.16. The Morgan fingerprint density at radius 3 is 2.71 bits per heavy atom. The molecule has 21 heavy (non-hydrogen) atoms. The third-order valence-corrected chi connectivity index (χ3v) is 3.78. The fourth-order valence-electron chi connectivity index (χ4n) is 2.28. The van der Waals surface area contributed by atoms with Gasteiger partial charge in [0.2, 0.25) is 0 Å². The Morgan fingerprint density at radius 1 is 1.33 bits per heavy atom. The van der Waals surface area contributed by atoms with Gasteiger partial charge in [0.25, 0.3) is 5.91 Å². The number of carbonyl (C=O) groups is 1. The maximum Gasteiger partial charge on any atom is 0.260 e. The first-order chi connectivity index (χ1) is 10.1. The molecule has 0 saturated carbocycles. The molecule has 1 aromatic rings. The molecule has 3 heteroatoms. The number of amides is 1. The second-order valence-electron chi connectivity index (χ2n) is 5.74. The Morgan fingerprint density at radius 2 is 2.10 bits per heavy atom. The summed E-state index contributed by atoms with van der Waals surface area (Å²) in [6, 6.07) is 7.77. The van der Waals surface area contributed by atoms with Crippen LogP contribution in [-0.2, 0) is 4.79 Å². The summed E-state index contributed by atoms with van der Waals surface area (Å²) in [5.41, 5.74) is 1.13. The highest BCUT2D eigenvalue weighted by Crippen LogP contribution is 2.15. The average Bonchev–Trinajstić information content (AvgIpc) is 2.47. The second kappa shape index (κ2) is 9.43. The van der Waals surface area contributed by atoms with Gasteiger partial charge in [0.05, 0.1) is 0 Å². The highest BCUT2D eigenvalue weighted by atomic mass is 16.5. The van der Waals surface area contributed by atoms with Crippen molar-refractivity contribution in [2.45, 2.75) is 59.5 Å². The Bertz CT molecular complexity index is 431. The van der Waals surface area contributed by atoms with Crippen molar-refractivity contribution in [2.75, 3.05) is 6.54 Å². The second-order valence-corrected chi connectivity index (χ2v) is 5.74. The summed E-state index contributed by atoms with van der Waals surface area (Å²) < 4.78 is 5.69. The topological polar surface area (TPSA) is 38.3 Å². The van der Waals surface area contributed by atoms with Crippen LogP contribution in [0.25, 0.3) is 0 Å². The van der Waals surface area contributed by atoms with Crippen LogP contribution in [0, 0.1) is 12.8 Å². The predicted molar refractivity (Wildman–Crippen MR) is 87.6 cm³/mol. The number of nitrogens with one attached hydrogen (secondary N) is 1. The molecular formula is C18H29NO2. The standard InChI is InChI=1S/C18H29NO2/c1-5-7-10-16(6-2)13-19-18(20)15(4)21-17-11-8-9-14(3)12-17/h8-9,11-12,15-16H,5-7,10,13H2,1-4H3,(H,19,20). The molecule has 2 unspecified atom stereocenters. The molecule has 0 bridgehead atoms. The molecule has 0 heterocycles. The Labute approximate surface area is 129 Å². The van der Waals surface area contributed by atoms with Crippen LogP contribution in [-0.4, -0.2) is 18.6 Å². The van der Waals surface area contributed by atoms with Gasteiger partial charge >= 0.3 is 0 Å². The minimum absolute atomic E-state index is 0.0357. The van der Waals surface area contributed by atoms with Crippen molar-refractivity contribution in [3.05, 3.63) is 29.8 Å². The van der Waals surface area contributed by atoms with Gasteiger partial charge < -0.3 is 10.1 Å². The largest absolute Gasteiger partial charge is 0.481 e. The fraction of sp³-hybridized carbons (Fsp3) is 0.611. The van der Waals surface area contributed by atoms with Crippen molar-refractivity contribution in [3.63, 3.8) is 0 Å². The van der Waals surface area contributed by atoms with E-state index < -0.39 is 6.10 Å². The summed E-state index contributed by atoms with van der Waals surface area (Å²) in [6.07, 6.45) is 4.25. The Balaban J connectivity index is 2.40. The average molecular weight is 291 g/mol. The van der Waals surface area contributed by atoms with Crippen molar-refractivity contribution in [2.24, 2.45) is 5.92 Å². The minimum atomic E-state index is -0.463. The molecule has 0 aromatic heterocycles. The lowest BCUT2D eigenvalue weighted by Crippen LogP contribution is -2.38. The summed E-state index contributed by atoms with van der Waals surface area (Å²) in [5.74, 6) is 1.28. The maximum atomic E-state index is 12.1. The molecule has 1 rings (SSSR count). The number of carbonyl (C=O) groups excluding carboxylic acids is 1. The van der Waals surface area contributed by atoms with E-state index in [0.717, 1.165) is 24.3 Å². The molecular weight excluding hydrogens is 262 g/mol. The number of unbranched alkanes of at least 4 members (excludes halogenated alkanes) is 1. The third-order valence-electron chi connectivity index (χ3n) is 3.78. The van der Waals surface area contributed by atoms with Crippen LogP contribution in [0.4, 0.5) is 0 Å². The van der Waals surface area contributed by atoms with Gasteiger partial charge in [-0.25, -0.2) is 0 Å². The van der Waals surface area contributed by atoms with E-state index >= 15 is 0 Å². The van der Waals surface area contributed by atoms with Gasteiger partial charge in [-0.3, -0.25) is 4.79 Å². The predicted octanol–water partition coefficient (Wildman–Crippen LogP) is 4.09. The van der Waals surface area contributed by atoms with Gasteiger partial charge in [-0.1, -0.05) is 45.2 Å². The van der Waals surface area contributed by atoms with Crippen LogP contribution >= 0.6 is 0 Å².